The molecule has 1 aliphatic rings. The zero-order valence-corrected chi connectivity index (χ0v) is 11.3. The topological polar surface area (TPSA) is 34.0 Å². The van der Waals surface area contributed by atoms with Crippen molar-refractivity contribution in [3.8, 4) is 0 Å². The average molecular weight is 244 g/mol. The SMILES string of the molecule is C=C(NCc1c(C)n2c(cc1=O)C=CC2)C(C)C. The molecule has 0 saturated heterocycles. The summed E-state index contributed by atoms with van der Waals surface area (Å²) in [5, 5.41) is 3.24. The van der Waals surface area contributed by atoms with Crippen molar-refractivity contribution < 1.29 is 0 Å². The first-order valence-corrected chi connectivity index (χ1v) is 6.33. The van der Waals surface area contributed by atoms with Gasteiger partial charge in [0.15, 0.2) is 5.43 Å². The molecule has 1 aromatic heterocycles. The van der Waals surface area contributed by atoms with Gasteiger partial charge in [0, 0.05) is 41.8 Å². The van der Waals surface area contributed by atoms with E-state index >= 15 is 0 Å². The third-order valence-corrected chi connectivity index (χ3v) is 3.50. The fourth-order valence-corrected chi connectivity index (χ4v) is 2.11. The van der Waals surface area contributed by atoms with Crippen molar-refractivity contribution in [2.75, 3.05) is 0 Å². The van der Waals surface area contributed by atoms with E-state index in [9.17, 15) is 4.79 Å². The third-order valence-electron chi connectivity index (χ3n) is 3.50. The number of hydrogen-bond acceptors (Lipinski definition) is 2. The first-order chi connectivity index (χ1) is 8.50. The molecule has 18 heavy (non-hydrogen) atoms. The van der Waals surface area contributed by atoms with Gasteiger partial charge in [-0.3, -0.25) is 4.79 Å². The third kappa shape index (κ3) is 2.26. The van der Waals surface area contributed by atoms with E-state index in [4.69, 9.17) is 0 Å². The molecule has 0 saturated carbocycles. The lowest BCUT2D eigenvalue weighted by molar-refractivity contribution is 0.646. The lowest BCUT2D eigenvalue weighted by Crippen LogP contribution is -2.24. The maximum absolute atomic E-state index is 12.1. The molecule has 0 unspecified atom stereocenters. The van der Waals surface area contributed by atoms with Crippen molar-refractivity contribution in [1.82, 2.24) is 9.88 Å². The Morgan fingerprint density at radius 3 is 2.94 bits per heavy atom. The van der Waals surface area contributed by atoms with Crippen LogP contribution >= 0.6 is 0 Å². The number of hydrogen-bond donors (Lipinski definition) is 1. The van der Waals surface area contributed by atoms with Gasteiger partial charge in [-0.2, -0.15) is 0 Å². The Hall–Kier alpha value is -1.77. The zero-order valence-electron chi connectivity index (χ0n) is 11.3. The van der Waals surface area contributed by atoms with Gasteiger partial charge >= 0.3 is 0 Å². The predicted octanol–water partition coefficient (Wildman–Crippen LogP) is 2.44. The Labute approximate surface area is 108 Å². The van der Waals surface area contributed by atoms with Crippen molar-refractivity contribution in [3.63, 3.8) is 0 Å². The van der Waals surface area contributed by atoms with E-state index < -0.39 is 0 Å². The Bertz CT molecular complexity index is 565. The van der Waals surface area contributed by atoms with Crippen molar-refractivity contribution in [1.29, 1.82) is 0 Å². The van der Waals surface area contributed by atoms with E-state index in [1.165, 1.54) is 0 Å². The number of rotatable bonds is 4. The minimum absolute atomic E-state index is 0.106. The zero-order chi connectivity index (χ0) is 13.3. The summed E-state index contributed by atoms with van der Waals surface area (Å²) in [6.07, 6.45) is 4.07. The van der Waals surface area contributed by atoms with Gasteiger partial charge in [-0.25, -0.2) is 0 Å². The van der Waals surface area contributed by atoms with Gasteiger partial charge in [-0.15, -0.1) is 0 Å². The maximum Gasteiger partial charge on any atom is 0.187 e. The summed E-state index contributed by atoms with van der Waals surface area (Å²) in [4.78, 5) is 12.1. The number of fused-ring (bicyclic) bond motifs is 1. The largest absolute Gasteiger partial charge is 0.384 e. The van der Waals surface area contributed by atoms with Crippen molar-refractivity contribution in [2.45, 2.75) is 33.9 Å². The van der Waals surface area contributed by atoms with Gasteiger partial charge in [-0.1, -0.05) is 26.5 Å². The van der Waals surface area contributed by atoms with Crippen LogP contribution in [0.25, 0.3) is 6.08 Å². The lowest BCUT2D eigenvalue weighted by Gasteiger charge is -2.16. The molecular weight excluding hydrogens is 224 g/mol. The monoisotopic (exact) mass is 244 g/mol. The quantitative estimate of drug-likeness (QED) is 0.882. The summed E-state index contributed by atoms with van der Waals surface area (Å²) in [6, 6.07) is 1.71. The number of nitrogens with one attached hydrogen (secondary N) is 1. The smallest absolute Gasteiger partial charge is 0.187 e. The molecule has 0 aliphatic carbocycles. The van der Waals surface area contributed by atoms with Crippen molar-refractivity contribution in [3.05, 3.63) is 51.6 Å². The Balaban J connectivity index is 2.25. The Morgan fingerprint density at radius 2 is 2.28 bits per heavy atom. The molecule has 96 valence electrons. The second kappa shape index (κ2) is 4.84. The summed E-state index contributed by atoms with van der Waals surface area (Å²) in [5.41, 5.74) is 3.96. The molecule has 3 nitrogen and oxygen atoms in total. The first kappa shape index (κ1) is 12.7. The van der Waals surface area contributed by atoms with Crippen molar-refractivity contribution in [2.24, 2.45) is 5.92 Å². The average Bonchev–Trinajstić information content (AvgIpc) is 2.76. The van der Waals surface area contributed by atoms with E-state index in [0.29, 0.717) is 12.5 Å². The Kier molecular flexibility index (Phi) is 3.41. The van der Waals surface area contributed by atoms with Crippen LogP contribution in [0.4, 0.5) is 0 Å². The van der Waals surface area contributed by atoms with E-state index in [2.05, 4.69) is 36.4 Å². The molecule has 1 N–H and O–H groups in total. The second-order valence-corrected chi connectivity index (χ2v) is 5.04. The van der Waals surface area contributed by atoms with Gasteiger partial charge in [-0.05, 0) is 18.9 Å². The molecule has 0 fully saturated rings. The van der Waals surface area contributed by atoms with Crippen LogP contribution in [0, 0.1) is 12.8 Å². The molecule has 0 amide bonds. The summed E-state index contributed by atoms with van der Waals surface area (Å²) >= 11 is 0. The van der Waals surface area contributed by atoms with Crippen LogP contribution in [0.3, 0.4) is 0 Å². The highest BCUT2D eigenvalue weighted by molar-refractivity contribution is 5.50. The fraction of sp³-hybridized carbons (Fsp3) is 0.400. The van der Waals surface area contributed by atoms with Crippen LogP contribution in [-0.4, -0.2) is 4.57 Å². The molecule has 0 atom stereocenters. The van der Waals surface area contributed by atoms with Crippen LogP contribution in [0.15, 0.2) is 29.2 Å². The minimum Gasteiger partial charge on any atom is -0.384 e. The molecular formula is C15H20N2O. The van der Waals surface area contributed by atoms with E-state index in [-0.39, 0.29) is 5.43 Å². The summed E-state index contributed by atoms with van der Waals surface area (Å²) < 4.78 is 2.16. The van der Waals surface area contributed by atoms with Crippen LogP contribution in [0.5, 0.6) is 0 Å². The van der Waals surface area contributed by atoms with Gasteiger partial charge in [0.2, 0.25) is 0 Å². The minimum atomic E-state index is 0.106. The van der Waals surface area contributed by atoms with Gasteiger partial charge < -0.3 is 9.88 Å². The fourth-order valence-electron chi connectivity index (χ4n) is 2.11. The molecule has 0 radical (unpaired) electrons. The van der Waals surface area contributed by atoms with Crippen molar-refractivity contribution >= 4 is 6.08 Å². The van der Waals surface area contributed by atoms with E-state index in [1.54, 1.807) is 6.07 Å². The van der Waals surface area contributed by atoms with Gasteiger partial charge in [0.1, 0.15) is 0 Å². The molecule has 0 bridgehead atoms. The van der Waals surface area contributed by atoms with E-state index in [0.717, 1.165) is 29.2 Å². The molecule has 1 aliphatic heterocycles. The molecule has 3 heteroatoms. The van der Waals surface area contributed by atoms with Gasteiger partial charge in [0.05, 0.1) is 0 Å². The predicted molar refractivity (Wildman–Crippen MR) is 75.3 cm³/mol. The van der Waals surface area contributed by atoms with Crippen LogP contribution in [-0.2, 0) is 13.1 Å². The molecule has 2 rings (SSSR count). The van der Waals surface area contributed by atoms with Crippen LogP contribution < -0.4 is 10.7 Å². The van der Waals surface area contributed by atoms with Gasteiger partial charge in [0.25, 0.3) is 0 Å². The Morgan fingerprint density at radius 1 is 1.56 bits per heavy atom. The summed E-state index contributed by atoms with van der Waals surface area (Å²) in [6.45, 7) is 11.6. The molecule has 2 heterocycles. The molecule has 0 aromatic carbocycles. The highest BCUT2D eigenvalue weighted by atomic mass is 16.1. The summed E-state index contributed by atoms with van der Waals surface area (Å²) in [7, 11) is 0. The number of aromatic nitrogens is 1. The highest BCUT2D eigenvalue weighted by Gasteiger charge is 2.13. The van der Waals surface area contributed by atoms with Crippen LogP contribution in [0.2, 0.25) is 0 Å². The molecule has 1 aromatic rings. The molecule has 0 spiro atoms. The highest BCUT2D eigenvalue weighted by Crippen LogP contribution is 2.15. The number of nitrogens with zero attached hydrogens (tertiary/aromatic N) is 1. The number of pyridine rings is 1. The van der Waals surface area contributed by atoms with Crippen LogP contribution in [0.1, 0.15) is 30.8 Å². The summed E-state index contributed by atoms with van der Waals surface area (Å²) in [5.74, 6) is 0.379. The van der Waals surface area contributed by atoms with E-state index in [1.807, 2.05) is 13.0 Å². The second-order valence-electron chi connectivity index (χ2n) is 5.04. The number of allylic oxidation sites excluding steroid dienone is 2. The maximum atomic E-state index is 12.1. The normalized spacial score (nSPS) is 12.9. The lowest BCUT2D eigenvalue weighted by atomic mass is 10.1. The standard InChI is InChI=1S/C15H20N2O/c1-10(2)11(3)16-9-14-12(4)17-7-5-6-13(17)8-15(14)18/h5-6,8,10,16H,3,7,9H2,1-2,4H3. The first-order valence-electron chi connectivity index (χ1n) is 6.33.